The van der Waals surface area contributed by atoms with Crippen LogP contribution in [-0.2, 0) is 0 Å². The third kappa shape index (κ3) is 12.3. The van der Waals surface area contributed by atoms with Crippen LogP contribution in [0.3, 0.4) is 0 Å². The first-order valence-corrected chi connectivity index (χ1v) is 11.0. The summed E-state index contributed by atoms with van der Waals surface area (Å²) in [6.45, 7) is 0. The molecule has 10 nitrogen and oxygen atoms in total. The molecule has 0 aliphatic carbocycles. The molecule has 0 fully saturated rings. The molecule has 4 rings (SSSR count). The fraction of sp³-hybridized carbons (Fsp3) is 0.182. The van der Waals surface area contributed by atoms with Crippen molar-refractivity contribution < 1.29 is 19.3 Å². The number of nitrogens with zero attached hydrogens (tertiary/aromatic N) is 6. The quantitative estimate of drug-likeness (QED) is 0.248. The van der Waals surface area contributed by atoms with Crippen LogP contribution < -0.4 is 14.2 Å². The average molecular weight is 613 g/mol. The highest BCUT2D eigenvalue weighted by atomic mass is 35.5. The van der Waals surface area contributed by atoms with Gasteiger partial charge in [0.05, 0.1) is 24.3 Å². The smallest absolute Gasteiger partial charge is 0.326 e. The summed E-state index contributed by atoms with van der Waals surface area (Å²) in [5, 5.41) is 10.2. The van der Waals surface area contributed by atoms with Crippen LogP contribution in [0, 0.1) is 0 Å². The van der Waals surface area contributed by atoms with E-state index in [1.54, 1.807) is 24.3 Å². The zero-order chi connectivity index (χ0) is 25.8. The van der Waals surface area contributed by atoms with E-state index in [-0.39, 0.29) is 42.5 Å². The number of aromatic nitrogens is 6. The Bertz CT molecular complexity index is 1240. The Kier molecular flexibility index (Phi) is 16.2. The van der Waals surface area contributed by atoms with E-state index >= 15 is 0 Å². The average Bonchev–Trinajstić information content (AvgIpc) is 2.82. The SMILES string of the molecule is C.C.COc1cc(O)ccc1Cl.COc1cc(Oc2ncnc(Cl)n2)ccc1Cl.Clc1ncnc(Cl)n1. The van der Waals surface area contributed by atoms with Gasteiger partial charge in [0.2, 0.25) is 15.9 Å². The predicted molar refractivity (Wildman–Crippen MR) is 146 cm³/mol. The van der Waals surface area contributed by atoms with Crippen LogP contribution in [-0.4, -0.2) is 49.2 Å². The molecule has 0 radical (unpaired) electrons. The summed E-state index contributed by atoms with van der Waals surface area (Å²) < 4.78 is 15.3. The molecule has 0 atom stereocenters. The van der Waals surface area contributed by atoms with Crippen molar-refractivity contribution in [2.75, 3.05) is 14.2 Å². The molecular weight excluding hydrogens is 590 g/mol. The molecule has 0 aliphatic heterocycles. The number of hydrogen-bond acceptors (Lipinski definition) is 10. The molecule has 2 heterocycles. The Balaban J connectivity index is 0.000000557. The standard InChI is InChI=1S/C10H7Cl2N3O2.C7H7ClO2.C3HCl2N3.2CH4/c1-16-8-4-6(2-3-7(8)11)17-10-14-5-13-9(12)15-10;1-10-7-4-5(9)2-3-6(7)8;4-2-6-1-7-3(5)8-2;;/h2-5H,1H3;2-4,9H,1H3;1H;2*1H4. The summed E-state index contributed by atoms with van der Waals surface area (Å²) >= 11 is 27.7. The van der Waals surface area contributed by atoms with Gasteiger partial charge in [-0.25, -0.2) is 15.0 Å². The van der Waals surface area contributed by atoms with Crippen LogP contribution >= 0.6 is 58.0 Å². The zero-order valence-electron chi connectivity index (χ0n) is 17.9. The van der Waals surface area contributed by atoms with E-state index in [9.17, 15) is 0 Å². The number of benzene rings is 2. The molecule has 2 aromatic carbocycles. The minimum absolute atomic E-state index is 0. The fourth-order valence-corrected chi connectivity index (χ4v) is 2.82. The number of aromatic hydroxyl groups is 1. The lowest BCUT2D eigenvalue weighted by Crippen LogP contribution is -1.94. The highest BCUT2D eigenvalue weighted by Gasteiger charge is 2.06. The number of phenols is 1. The van der Waals surface area contributed by atoms with E-state index in [0.29, 0.717) is 27.3 Å². The normalized spacial score (nSPS) is 9.16. The number of hydrogen-bond donors (Lipinski definition) is 1. The molecule has 0 spiro atoms. The van der Waals surface area contributed by atoms with Gasteiger partial charge in [-0.2, -0.15) is 15.0 Å². The molecule has 2 aromatic heterocycles. The monoisotopic (exact) mass is 610 g/mol. The van der Waals surface area contributed by atoms with E-state index in [4.69, 9.17) is 77.3 Å². The van der Waals surface area contributed by atoms with E-state index in [2.05, 4.69) is 29.9 Å². The molecular formula is C22H23Cl5N6O4. The Labute approximate surface area is 239 Å². The number of halogens is 5. The Hall–Kier alpha value is -2.89. The van der Waals surface area contributed by atoms with E-state index in [0.717, 1.165) is 0 Å². The van der Waals surface area contributed by atoms with Crippen molar-refractivity contribution in [3.8, 4) is 29.0 Å². The second-order valence-electron chi connectivity index (χ2n) is 5.78. The summed E-state index contributed by atoms with van der Waals surface area (Å²) in [7, 11) is 3.02. The van der Waals surface area contributed by atoms with Gasteiger partial charge in [0.1, 0.15) is 35.7 Å². The van der Waals surface area contributed by atoms with Gasteiger partial charge in [-0.15, -0.1) is 0 Å². The van der Waals surface area contributed by atoms with Crippen molar-refractivity contribution >= 4 is 58.0 Å². The summed E-state index contributed by atoms with van der Waals surface area (Å²) in [5.41, 5.74) is 0. The van der Waals surface area contributed by atoms with Crippen molar-refractivity contribution in [1.29, 1.82) is 0 Å². The maximum Gasteiger partial charge on any atom is 0.326 e. The van der Waals surface area contributed by atoms with Gasteiger partial charge in [-0.05, 0) is 59.1 Å². The van der Waals surface area contributed by atoms with Crippen molar-refractivity contribution in [3.05, 3.63) is 74.9 Å². The molecule has 1 N–H and O–H groups in total. The van der Waals surface area contributed by atoms with Gasteiger partial charge in [0.15, 0.2) is 0 Å². The Morgan fingerprint density at radius 1 is 0.649 bits per heavy atom. The second-order valence-corrected chi connectivity index (χ2v) is 7.61. The van der Waals surface area contributed by atoms with E-state index in [1.807, 2.05) is 0 Å². The molecule has 0 amide bonds. The van der Waals surface area contributed by atoms with Crippen LogP contribution in [0.15, 0.2) is 49.1 Å². The van der Waals surface area contributed by atoms with Crippen molar-refractivity contribution in [1.82, 2.24) is 29.9 Å². The Morgan fingerprint density at radius 2 is 1.14 bits per heavy atom. The molecule has 0 aliphatic rings. The predicted octanol–water partition coefficient (Wildman–Crippen LogP) is 7.48. The van der Waals surface area contributed by atoms with E-state index in [1.165, 1.54) is 39.0 Å². The summed E-state index contributed by atoms with van der Waals surface area (Å²) in [4.78, 5) is 21.7. The summed E-state index contributed by atoms with van der Waals surface area (Å²) in [6.07, 6.45) is 2.51. The second kappa shape index (κ2) is 17.5. The highest BCUT2D eigenvalue weighted by molar-refractivity contribution is 6.32. The fourth-order valence-electron chi connectivity index (χ4n) is 2.03. The van der Waals surface area contributed by atoms with Gasteiger partial charge in [0, 0.05) is 12.1 Å². The van der Waals surface area contributed by atoms with Gasteiger partial charge < -0.3 is 19.3 Å². The lowest BCUT2D eigenvalue weighted by atomic mass is 10.3. The number of ether oxygens (including phenoxy) is 3. The van der Waals surface area contributed by atoms with Gasteiger partial charge in [-0.3, -0.25) is 0 Å². The number of rotatable bonds is 4. The molecule has 4 aromatic rings. The first-order chi connectivity index (χ1) is 16.7. The van der Waals surface area contributed by atoms with Crippen molar-refractivity contribution in [2.24, 2.45) is 0 Å². The molecule has 0 bridgehead atoms. The molecule has 0 unspecified atom stereocenters. The van der Waals surface area contributed by atoms with Crippen molar-refractivity contribution in [2.45, 2.75) is 14.9 Å². The lowest BCUT2D eigenvalue weighted by molar-refractivity contribution is 0.404. The molecule has 37 heavy (non-hydrogen) atoms. The minimum atomic E-state index is 0. The topological polar surface area (TPSA) is 125 Å². The first-order valence-electron chi connectivity index (χ1n) is 9.10. The van der Waals surface area contributed by atoms with Crippen LogP contribution in [0.5, 0.6) is 29.0 Å². The van der Waals surface area contributed by atoms with Crippen LogP contribution in [0.4, 0.5) is 0 Å². The summed E-state index contributed by atoms with van der Waals surface area (Å²) in [6, 6.07) is 9.60. The minimum Gasteiger partial charge on any atom is -0.508 e. The van der Waals surface area contributed by atoms with Gasteiger partial charge in [-0.1, -0.05) is 38.1 Å². The molecule has 200 valence electrons. The zero-order valence-corrected chi connectivity index (χ0v) is 21.6. The molecule has 0 saturated carbocycles. The highest BCUT2D eigenvalue weighted by Crippen LogP contribution is 2.30. The van der Waals surface area contributed by atoms with Crippen LogP contribution in [0.25, 0.3) is 0 Å². The van der Waals surface area contributed by atoms with E-state index < -0.39 is 0 Å². The van der Waals surface area contributed by atoms with Gasteiger partial charge >= 0.3 is 6.01 Å². The van der Waals surface area contributed by atoms with Crippen LogP contribution in [0.2, 0.25) is 25.9 Å². The largest absolute Gasteiger partial charge is 0.508 e. The first kappa shape index (κ1) is 34.1. The Morgan fingerprint density at radius 3 is 1.59 bits per heavy atom. The molecule has 0 saturated heterocycles. The maximum absolute atomic E-state index is 8.93. The lowest BCUT2D eigenvalue weighted by Gasteiger charge is -2.06. The third-order valence-corrected chi connectivity index (χ3v) is 4.67. The van der Waals surface area contributed by atoms with Crippen molar-refractivity contribution in [3.63, 3.8) is 0 Å². The summed E-state index contributed by atoms with van der Waals surface area (Å²) in [5.74, 6) is 1.64. The maximum atomic E-state index is 8.93. The number of methoxy groups -OCH3 is 2. The molecule has 15 heteroatoms. The number of phenolic OH excluding ortho intramolecular Hbond substituents is 1. The third-order valence-electron chi connectivity index (χ3n) is 3.50. The van der Waals surface area contributed by atoms with Crippen LogP contribution in [0.1, 0.15) is 14.9 Å². The van der Waals surface area contributed by atoms with Gasteiger partial charge in [0.25, 0.3) is 0 Å².